The Labute approximate surface area is 113 Å². The zero-order valence-corrected chi connectivity index (χ0v) is 12.2. The predicted molar refractivity (Wildman–Crippen MR) is 70.7 cm³/mol. The molecule has 0 saturated heterocycles. The molecule has 0 aliphatic heterocycles. The van der Waals surface area contributed by atoms with E-state index in [2.05, 4.69) is 0 Å². The fourth-order valence-electron chi connectivity index (χ4n) is 1.49. The number of rotatable bonds is 5. The van der Waals surface area contributed by atoms with Crippen molar-refractivity contribution in [1.29, 1.82) is 0 Å². The molecule has 1 rings (SSSR count). The number of hydrogen-bond acceptors (Lipinski definition) is 2. The van der Waals surface area contributed by atoms with E-state index in [0.29, 0.717) is 12.0 Å². The van der Waals surface area contributed by atoms with Crippen molar-refractivity contribution in [3.8, 4) is 0 Å². The molecule has 0 aromatic heterocycles. The monoisotopic (exact) mass is 293 g/mol. The first kappa shape index (κ1) is 15.4. The molecular weight excluding hydrogens is 277 g/mol. The molecule has 0 heterocycles. The van der Waals surface area contributed by atoms with Gasteiger partial charge in [0.25, 0.3) is 0 Å². The molecule has 0 spiro atoms. The quantitative estimate of drug-likeness (QED) is 0.783. The fourth-order valence-corrected chi connectivity index (χ4v) is 3.13. The van der Waals surface area contributed by atoms with Crippen LogP contribution in [0.3, 0.4) is 0 Å². The minimum Gasteiger partial charge on any atom is -0.207 e. The molecule has 0 amide bonds. The van der Waals surface area contributed by atoms with Gasteiger partial charge in [-0.1, -0.05) is 13.0 Å². The van der Waals surface area contributed by atoms with Crippen molar-refractivity contribution in [2.45, 2.75) is 37.1 Å². The lowest BCUT2D eigenvalue weighted by Crippen LogP contribution is -2.35. The van der Waals surface area contributed by atoms with Crippen LogP contribution >= 0.6 is 11.6 Å². The Hall–Kier alpha value is -0.650. The lowest BCUT2D eigenvalue weighted by atomic mass is 10.2. The molecule has 0 saturated carbocycles. The Morgan fingerprint density at radius 3 is 2.50 bits per heavy atom. The lowest BCUT2D eigenvalue weighted by Gasteiger charge is -2.23. The highest BCUT2D eigenvalue weighted by atomic mass is 35.5. The van der Waals surface area contributed by atoms with Gasteiger partial charge in [-0.15, -0.1) is 11.6 Å². The Kier molecular flexibility index (Phi) is 5.13. The number of alkyl halides is 1. The van der Waals surface area contributed by atoms with Gasteiger partial charge in [0.2, 0.25) is 10.0 Å². The van der Waals surface area contributed by atoms with E-state index >= 15 is 0 Å². The Morgan fingerprint density at radius 2 is 2.06 bits per heavy atom. The van der Waals surface area contributed by atoms with Crippen molar-refractivity contribution in [2.75, 3.05) is 7.05 Å². The average Bonchev–Trinajstić information content (AvgIpc) is 2.36. The van der Waals surface area contributed by atoms with Crippen molar-refractivity contribution < 1.29 is 12.8 Å². The van der Waals surface area contributed by atoms with Crippen LogP contribution < -0.4 is 0 Å². The van der Waals surface area contributed by atoms with Crippen molar-refractivity contribution in [1.82, 2.24) is 4.31 Å². The molecule has 3 nitrogen and oxygen atoms in total. The molecule has 0 aliphatic carbocycles. The highest BCUT2D eigenvalue weighted by Crippen LogP contribution is 2.22. The molecule has 18 heavy (non-hydrogen) atoms. The summed E-state index contributed by atoms with van der Waals surface area (Å²) in [5.74, 6) is -0.610. The zero-order valence-electron chi connectivity index (χ0n) is 10.7. The first-order chi connectivity index (χ1) is 8.34. The molecule has 0 aliphatic rings. The van der Waals surface area contributed by atoms with Gasteiger partial charge in [-0.2, -0.15) is 4.31 Å². The van der Waals surface area contributed by atoms with E-state index in [-0.39, 0.29) is 16.8 Å². The molecule has 1 aromatic carbocycles. The fraction of sp³-hybridized carbons (Fsp3) is 0.500. The van der Waals surface area contributed by atoms with Crippen LogP contribution in [0.5, 0.6) is 0 Å². The van der Waals surface area contributed by atoms with E-state index in [9.17, 15) is 12.8 Å². The second kappa shape index (κ2) is 5.99. The zero-order chi connectivity index (χ0) is 13.9. The molecule has 1 atom stereocenters. The van der Waals surface area contributed by atoms with Gasteiger partial charge in [0.05, 0.1) is 0 Å². The van der Waals surface area contributed by atoms with Crippen molar-refractivity contribution in [3.63, 3.8) is 0 Å². The SMILES string of the molecule is CCC(C)N(C)S(=O)(=O)c1ccc(CCl)cc1F. The summed E-state index contributed by atoms with van der Waals surface area (Å²) >= 11 is 5.57. The predicted octanol–water partition coefficient (Wildman–Crippen LogP) is 2.98. The van der Waals surface area contributed by atoms with E-state index in [0.717, 1.165) is 6.07 Å². The molecular formula is C12H17ClFNO2S. The van der Waals surface area contributed by atoms with Crippen LogP contribution in [-0.4, -0.2) is 25.8 Å². The van der Waals surface area contributed by atoms with E-state index in [1.807, 2.05) is 6.92 Å². The highest BCUT2D eigenvalue weighted by molar-refractivity contribution is 7.89. The van der Waals surface area contributed by atoms with E-state index in [4.69, 9.17) is 11.6 Å². The van der Waals surface area contributed by atoms with Crippen LogP contribution in [0, 0.1) is 5.82 Å². The summed E-state index contributed by atoms with van der Waals surface area (Å²) in [6.07, 6.45) is 0.664. The van der Waals surface area contributed by atoms with Gasteiger partial charge in [0, 0.05) is 19.0 Å². The van der Waals surface area contributed by atoms with Crippen LogP contribution in [0.2, 0.25) is 0 Å². The van der Waals surface area contributed by atoms with E-state index in [1.165, 1.54) is 23.5 Å². The van der Waals surface area contributed by atoms with Gasteiger partial charge >= 0.3 is 0 Å². The summed E-state index contributed by atoms with van der Waals surface area (Å²) in [6, 6.07) is 3.76. The van der Waals surface area contributed by atoms with Crippen molar-refractivity contribution in [3.05, 3.63) is 29.6 Å². The Bertz CT molecular complexity index is 519. The smallest absolute Gasteiger partial charge is 0.207 e. The van der Waals surface area contributed by atoms with Gasteiger partial charge in [0.15, 0.2) is 0 Å². The summed E-state index contributed by atoms with van der Waals surface area (Å²) in [6.45, 7) is 3.66. The second-order valence-electron chi connectivity index (χ2n) is 4.18. The number of hydrogen-bond donors (Lipinski definition) is 0. The summed E-state index contributed by atoms with van der Waals surface area (Å²) in [5.41, 5.74) is 0.555. The molecule has 0 bridgehead atoms. The van der Waals surface area contributed by atoms with Crippen LogP contribution in [0.1, 0.15) is 25.8 Å². The minimum atomic E-state index is -3.79. The molecule has 1 unspecified atom stereocenters. The standard InChI is InChI=1S/C12H17ClFNO2S/c1-4-9(2)15(3)18(16,17)12-6-5-10(8-13)7-11(12)14/h5-7,9H,4,8H2,1-3H3. The molecule has 102 valence electrons. The summed E-state index contributed by atoms with van der Waals surface area (Å²) in [7, 11) is -2.33. The Morgan fingerprint density at radius 1 is 1.44 bits per heavy atom. The number of halogens is 2. The molecule has 0 N–H and O–H groups in total. The highest BCUT2D eigenvalue weighted by Gasteiger charge is 2.27. The average molecular weight is 294 g/mol. The van der Waals surface area contributed by atoms with Crippen molar-refractivity contribution >= 4 is 21.6 Å². The topological polar surface area (TPSA) is 37.4 Å². The third-order valence-electron chi connectivity index (χ3n) is 3.02. The van der Waals surface area contributed by atoms with Gasteiger partial charge in [-0.3, -0.25) is 0 Å². The normalized spacial score (nSPS) is 13.9. The van der Waals surface area contributed by atoms with Crippen molar-refractivity contribution in [2.24, 2.45) is 0 Å². The maximum Gasteiger partial charge on any atom is 0.245 e. The van der Waals surface area contributed by atoms with E-state index in [1.54, 1.807) is 6.92 Å². The lowest BCUT2D eigenvalue weighted by molar-refractivity contribution is 0.378. The van der Waals surface area contributed by atoms with E-state index < -0.39 is 15.8 Å². The summed E-state index contributed by atoms with van der Waals surface area (Å²) in [5, 5.41) is 0. The second-order valence-corrected chi connectivity index (χ2v) is 6.41. The first-order valence-corrected chi connectivity index (χ1v) is 7.64. The molecule has 1 aromatic rings. The van der Waals surface area contributed by atoms with Gasteiger partial charge in [0.1, 0.15) is 10.7 Å². The van der Waals surface area contributed by atoms with Crippen LogP contribution in [0.4, 0.5) is 4.39 Å². The number of benzene rings is 1. The largest absolute Gasteiger partial charge is 0.245 e. The summed E-state index contributed by atoms with van der Waals surface area (Å²) in [4.78, 5) is -0.306. The Balaban J connectivity index is 3.21. The maximum atomic E-state index is 13.8. The van der Waals surface area contributed by atoms with Crippen LogP contribution in [-0.2, 0) is 15.9 Å². The molecule has 6 heteroatoms. The van der Waals surface area contributed by atoms with Gasteiger partial charge in [-0.05, 0) is 31.0 Å². The third kappa shape index (κ3) is 3.02. The van der Waals surface area contributed by atoms with Crippen LogP contribution in [0.25, 0.3) is 0 Å². The molecule has 0 fully saturated rings. The number of nitrogens with zero attached hydrogens (tertiary/aromatic N) is 1. The number of sulfonamides is 1. The van der Waals surface area contributed by atoms with Crippen LogP contribution in [0.15, 0.2) is 23.1 Å². The maximum absolute atomic E-state index is 13.8. The van der Waals surface area contributed by atoms with Gasteiger partial charge in [-0.25, -0.2) is 12.8 Å². The van der Waals surface area contributed by atoms with Gasteiger partial charge < -0.3 is 0 Å². The summed E-state index contributed by atoms with van der Waals surface area (Å²) < 4.78 is 39.4. The third-order valence-corrected chi connectivity index (χ3v) is 5.33. The molecule has 0 radical (unpaired) electrons. The minimum absolute atomic E-state index is 0.151. The first-order valence-electron chi connectivity index (χ1n) is 5.67.